The Morgan fingerprint density at radius 2 is 1.93 bits per heavy atom. The number of rotatable bonds is 10. The Labute approximate surface area is 169 Å². The lowest BCUT2D eigenvalue weighted by molar-refractivity contribution is -0.134. The summed E-state index contributed by atoms with van der Waals surface area (Å²) in [6, 6.07) is 0. The highest BCUT2D eigenvalue weighted by atomic mass is 32.2. The van der Waals surface area contributed by atoms with Gasteiger partial charge >= 0.3 is 11.9 Å². The van der Waals surface area contributed by atoms with Crippen molar-refractivity contribution in [2.45, 2.75) is 5.75 Å². The molecule has 1 aromatic rings. The molecule has 0 radical (unpaired) electrons. The number of aliphatic imine (C=N–C) groups is 2. The lowest BCUT2D eigenvalue weighted by atomic mass is 10.5. The van der Waals surface area contributed by atoms with Gasteiger partial charge in [-0.3, -0.25) is 9.71 Å². The van der Waals surface area contributed by atoms with Crippen LogP contribution in [0.4, 0.5) is 5.13 Å². The second kappa shape index (κ2) is 13.5. The minimum absolute atomic E-state index is 0.00809. The molecule has 0 aliphatic rings. The highest BCUT2D eigenvalue weighted by Crippen LogP contribution is 2.21. The predicted octanol–water partition coefficient (Wildman–Crippen LogP) is -0.429. The Bertz CT molecular complexity index is 814. The molecule has 12 nitrogen and oxygen atoms in total. The fourth-order valence-electron chi connectivity index (χ4n) is 1.16. The summed E-state index contributed by atoms with van der Waals surface area (Å²) < 4.78 is 23.7. The van der Waals surface area contributed by atoms with E-state index in [1.807, 2.05) is 5.38 Å². The molecule has 156 valence electrons. The van der Waals surface area contributed by atoms with E-state index in [1.54, 1.807) is 11.8 Å². The molecule has 28 heavy (non-hydrogen) atoms. The van der Waals surface area contributed by atoms with E-state index in [0.717, 1.165) is 23.5 Å². The van der Waals surface area contributed by atoms with Crippen LogP contribution >= 0.6 is 23.1 Å². The number of aliphatic carboxylic acids is 2. The highest BCUT2D eigenvalue weighted by molar-refractivity contribution is 7.98. The molecule has 0 saturated carbocycles. The van der Waals surface area contributed by atoms with Crippen LogP contribution in [0.1, 0.15) is 5.69 Å². The molecule has 0 aromatic carbocycles. The molecule has 0 fully saturated rings. The maximum atomic E-state index is 10.7. The van der Waals surface area contributed by atoms with Crippen molar-refractivity contribution in [2.24, 2.45) is 21.5 Å². The van der Waals surface area contributed by atoms with Crippen LogP contribution in [0, 0.1) is 0 Å². The summed E-state index contributed by atoms with van der Waals surface area (Å²) in [5.41, 5.74) is 11.4. The standard InChI is InChI=1S/C9H16N6O2S3.C4H4O4/c1-20(16,17)13-6-12-2-3-18-4-7-5-19-9(14-7)15-8(10)11;5-3(6)1-2-4(7)8/h5-6H,2-4H2,1H3,(H,12,13)(H4,10,11,14,15);1-2H,(H,5,6)(H,7,8)/b;2-1-. The number of guanidine groups is 1. The van der Waals surface area contributed by atoms with Crippen LogP contribution in [0.2, 0.25) is 0 Å². The van der Waals surface area contributed by atoms with E-state index in [0.29, 0.717) is 23.8 Å². The van der Waals surface area contributed by atoms with Crippen molar-refractivity contribution in [3.05, 3.63) is 23.2 Å². The van der Waals surface area contributed by atoms with Crippen molar-refractivity contribution in [3.8, 4) is 0 Å². The molecule has 0 aliphatic heterocycles. The van der Waals surface area contributed by atoms with E-state index in [1.165, 1.54) is 17.7 Å². The van der Waals surface area contributed by atoms with Crippen molar-refractivity contribution in [1.82, 2.24) is 9.71 Å². The Kier molecular flexibility index (Phi) is 12.2. The Morgan fingerprint density at radius 1 is 1.32 bits per heavy atom. The molecule has 0 saturated heterocycles. The Hall–Kier alpha value is -2.65. The molecule has 15 heteroatoms. The van der Waals surface area contributed by atoms with E-state index in [-0.39, 0.29) is 5.96 Å². The number of nitrogens with one attached hydrogen (secondary N) is 1. The third-order valence-corrected chi connectivity index (χ3v) is 4.39. The molecule has 1 rings (SSSR count). The first-order valence-corrected chi connectivity index (χ1v) is 11.1. The van der Waals surface area contributed by atoms with E-state index in [9.17, 15) is 18.0 Å². The summed E-state index contributed by atoms with van der Waals surface area (Å²) in [6.45, 7) is 0.526. The first-order chi connectivity index (χ1) is 13.0. The van der Waals surface area contributed by atoms with Crippen molar-refractivity contribution < 1.29 is 28.2 Å². The van der Waals surface area contributed by atoms with Crippen molar-refractivity contribution in [3.63, 3.8) is 0 Å². The zero-order valence-electron chi connectivity index (χ0n) is 14.7. The average Bonchev–Trinajstić information content (AvgIpc) is 2.98. The SMILES string of the molecule is CS(=O)(=O)NC=NCCSCc1csc(N=C(N)N)n1.O=C(O)/C=C\C(=O)O. The van der Waals surface area contributed by atoms with E-state index in [2.05, 4.69) is 19.7 Å². The smallest absolute Gasteiger partial charge is 0.328 e. The summed E-state index contributed by atoms with van der Waals surface area (Å²) in [4.78, 5) is 31.1. The second-order valence-electron chi connectivity index (χ2n) is 4.65. The number of nitrogens with two attached hydrogens (primary N) is 2. The van der Waals surface area contributed by atoms with Crippen LogP contribution in [0.3, 0.4) is 0 Å². The van der Waals surface area contributed by atoms with Gasteiger partial charge in [-0.25, -0.2) is 23.0 Å². The number of thiazole rings is 1. The molecular weight excluding hydrogens is 432 g/mol. The largest absolute Gasteiger partial charge is 0.478 e. The predicted molar refractivity (Wildman–Crippen MR) is 109 cm³/mol. The van der Waals surface area contributed by atoms with Crippen molar-refractivity contribution in [1.29, 1.82) is 0 Å². The summed E-state index contributed by atoms with van der Waals surface area (Å²) >= 11 is 3.01. The van der Waals surface area contributed by atoms with Gasteiger partial charge in [-0.2, -0.15) is 16.8 Å². The van der Waals surface area contributed by atoms with Gasteiger partial charge in [0.2, 0.25) is 15.2 Å². The number of hydrogen-bond acceptors (Lipinski definition) is 9. The minimum atomic E-state index is -3.21. The van der Waals surface area contributed by atoms with Crippen LogP contribution in [-0.2, 0) is 25.4 Å². The quantitative estimate of drug-likeness (QED) is 0.134. The first-order valence-electron chi connectivity index (χ1n) is 7.21. The van der Waals surface area contributed by atoms with Gasteiger partial charge in [0.15, 0.2) is 5.96 Å². The maximum absolute atomic E-state index is 10.7. The van der Waals surface area contributed by atoms with Gasteiger partial charge in [0.1, 0.15) is 0 Å². The number of thioether (sulfide) groups is 1. The van der Waals surface area contributed by atoms with Crippen LogP contribution in [0.15, 0.2) is 27.5 Å². The summed E-state index contributed by atoms with van der Waals surface area (Å²) in [7, 11) is -3.21. The Morgan fingerprint density at radius 3 is 2.43 bits per heavy atom. The molecule has 7 N–H and O–H groups in total. The lowest BCUT2D eigenvalue weighted by Gasteiger charge is -1.96. The third-order valence-electron chi connectivity index (χ3n) is 2.11. The van der Waals surface area contributed by atoms with Crippen LogP contribution in [0.25, 0.3) is 0 Å². The third kappa shape index (κ3) is 16.8. The molecule has 0 unspecified atom stereocenters. The minimum Gasteiger partial charge on any atom is -0.478 e. The number of carboxylic acids is 2. The number of aromatic nitrogens is 1. The number of sulfonamides is 1. The molecule has 1 aromatic heterocycles. The van der Waals surface area contributed by atoms with E-state index < -0.39 is 22.0 Å². The fourth-order valence-corrected chi connectivity index (χ4v) is 2.97. The van der Waals surface area contributed by atoms with Crippen LogP contribution < -0.4 is 16.2 Å². The van der Waals surface area contributed by atoms with E-state index >= 15 is 0 Å². The van der Waals surface area contributed by atoms with Gasteiger partial charge in [-0.15, -0.1) is 11.3 Å². The number of nitrogens with zero attached hydrogens (tertiary/aromatic N) is 3. The lowest BCUT2D eigenvalue weighted by Crippen LogP contribution is -2.21. The highest BCUT2D eigenvalue weighted by Gasteiger charge is 2.01. The van der Waals surface area contributed by atoms with Gasteiger partial charge < -0.3 is 21.7 Å². The summed E-state index contributed by atoms with van der Waals surface area (Å²) in [5.74, 6) is -1.03. The topological polar surface area (TPSA) is 210 Å². The molecular formula is C13H20N6O6S3. The number of hydrogen-bond donors (Lipinski definition) is 5. The molecule has 0 atom stereocenters. The molecule has 0 spiro atoms. The normalized spacial score (nSPS) is 11.0. The van der Waals surface area contributed by atoms with E-state index in [4.69, 9.17) is 21.7 Å². The maximum Gasteiger partial charge on any atom is 0.328 e. The first kappa shape index (κ1) is 25.4. The molecule has 0 bridgehead atoms. The van der Waals surface area contributed by atoms with Crippen LogP contribution in [0.5, 0.6) is 0 Å². The zero-order valence-corrected chi connectivity index (χ0v) is 17.1. The van der Waals surface area contributed by atoms with Gasteiger partial charge in [0.05, 0.1) is 18.3 Å². The monoisotopic (exact) mass is 452 g/mol. The van der Waals surface area contributed by atoms with Crippen molar-refractivity contribution >= 4 is 62.5 Å². The summed E-state index contributed by atoms with van der Waals surface area (Å²) in [5, 5.41) is 18.1. The number of carbonyl (C=O) groups is 2. The van der Waals surface area contributed by atoms with Crippen LogP contribution in [-0.4, -0.2) is 66.4 Å². The average molecular weight is 453 g/mol. The van der Waals surface area contributed by atoms with Crippen molar-refractivity contribution in [2.75, 3.05) is 18.6 Å². The summed E-state index contributed by atoms with van der Waals surface area (Å²) in [6.07, 6.45) is 3.38. The molecule has 0 amide bonds. The molecule has 1 heterocycles. The van der Waals surface area contributed by atoms with Gasteiger partial charge in [-0.05, 0) is 0 Å². The Balaban J connectivity index is 0.000000769. The van der Waals surface area contributed by atoms with Gasteiger partial charge in [0.25, 0.3) is 0 Å². The molecule has 0 aliphatic carbocycles. The number of carboxylic acid groups (broad SMARTS) is 2. The van der Waals surface area contributed by atoms with Gasteiger partial charge in [-0.1, -0.05) is 0 Å². The second-order valence-corrected chi connectivity index (χ2v) is 8.37. The fraction of sp³-hybridized carbons (Fsp3) is 0.308. The zero-order chi connectivity index (χ0) is 21.6. The van der Waals surface area contributed by atoms with Gasteiger partial charge in [0, 0.05) is 35.6 Å².